The van der Waals surface area contributed by atoms with Crippen LogP contribution in [0.4, 0.5) is 10.5 Å². The maximum Gasteiger partial charge on any atom is 0.325 e. The Bertz CT molecular complexity index is 1130. The monoisotopic (exact) mass is 493 g/mol. The maximum absolute atomic E-state index is 13.1. The quantitative estimate of drug-likeness (QED) is 0.624. The Morgan fingerprint density at radius 3 is 2.64 bits per heavy atom. The van der Waals surface area contributed by atoms with Crippen LogP contribution in [0.5, 0.6) is 0 Å². The van der Waals surface area contributed by atoms with Crippen LogP contribution in [0.2, 0.25) is 0 Å². The predicted octanol–water partition coefficient (Wildman–Crippen LogP) is 1.75. The van der Waals surface area contributed by atoms with Crippen LogP contribution in [0.3, 0.4) is 0 Å². The van der Waals surface area contributed by atoms with Gasteiger partial charge < -0.3 is 5.32 Å². The topological polar surface area (TPSA) is 119 Å². The molecule has 4 rings (SSSR count). The van der Waals surface area contributed by atoms with Crippen molar-refractivity contribution in [1.82, 2.24) is 19.4 Å². The summed E-state index contributed by atoms with van der Waals surface area (Å²) >= 11 is 1.39. The Balaban J connectivity index is 1.55. The van der Waals surface area contributed by atoms with Crippen LogP contribution in [0.1, 0.15) is 32.6 Å². The molecule has 1 aromatic rings. The molecule has 1 aliphatic carbocycles. The number of carbonyl (C=O) groups is 3. The second kappa shape index (κ2) is 8.73. The first-order valence-corrected chi connectivity index (χ1v) is 13.1. The number of carbonyl (C=O) groups excluding carboxylic acids is 3. The number of amides is 4. The number of hydrogen-bond donors (Lipinski definition) is 1. The van der Waals surface area contributed by atoms with E-state index in [4.69, 9.17) is 0 Å². The number of aliphatic imine (C=N–C) groups is 1. The minimum Gasteiger partial charge on any atom is -0.323 e. The Kier molecular flexibility index (Phi) is 6.27. The molecule has 1 atom stereocenters. The molecule has 10 nitrogen and oxygen atoms in total. The van der Waals surface area contributed by atoms with Crippen LogP contribution in [-0.4, -0.2) is 83.5 Å². The number of thioether (sulfide) groups is 1. The van der Waals surface area contributed by atoms with E-state index in [1.165, 1.54) is 42.9 Å². The number of sulfonamides is 1. The number of amidine groups is 1. The molecular formula is C21H27N5O5S2. The summed E-state index contributed by atoms with van der Waals surface area (Å²) in [4.78, 5) is 45.5. The van der Waals surface area contributed by atoms with Crippen molar-refractivity contribution >= 4 is 50.5 Å². The molecule has 178 valence electrons. The average Bonchev–Trinajstić information content (AvgIpc) is 3.43. The molecule has 1 aromatic carbocycles. The average molecular weight is 494 g/mol. The van der Waals surface area contributed by atoms with Gasteiger partial charge in [0, 0.05) is 25.9 Å². The second-order valence-electron chi connectivity index (χ2n) is 8.72. The summed E-state index contributed by atoms with van der Waals surface area (Å²) in [6, 6.07) is 5.67. The van der Waals surface area contributed by atoms with E-state index in [0.717, 1.165) is 22.0 Å². The lowest BCUT2D eigenvalue weighted by Gasteiger charge is -2.21. The highest BCUT2D eigenvalue weighted by Crippen LogP contribution is 2.35. The van der Waals surface area contributed by atoms with E-state index in [2.05, 4.69) is 10.3 Å². The minimum absolute atomic E-state index is 0.0608. The predicted molar refractivity (Wildman–Crippen MR) is 125 cm³/mol. The van der Waals surface area contributed by atoms with E-state index < -0.39 is 27.5 Å². The maximum atomic E-state index is 13.1. The van der Waals surface area contributed by atoms with Gasteiger partial charge in [-0.2, -0.15) is 0 Å². The van der Waals surface area contributed by atoms with Gasteiger partial charge in [0.1, 0.15) is 12.1 Å². The van der Waals surface area contributed by atoms with Crippen molar-refractivity contribution < 1.29 is 22.8 Å². The normalized spacial score (nSPS) is 23.9. The van der Waals surface area contributed by atoms with Crippen LogP contribution >= 0.6 is 11.8 Å². The Morgan fingerprint density at radius 1 is 1.27 bits per heavy atom. The van der Waals surface area contributed by atoms with Crippen molar-refractivity contribution in [2.45, 2.75) is 48.3 Å². The molecule has 2 heterocycles. The van der Waals surface area contributed by atoms with E-state index in [0.29, 0.717) is 30.2 Å². The number of rotatable bonds is 5. The van der Waals surface area contributed by atoms with E-state index in [9.17, 15) is 22.8 Å². The van der Waals surface area contributed by atoms with Crippen molar-refractivity contribution in [3.8, 4) is 0 Å². The van der Waals surface area contributed by atoms with Gasteiger partial charge in [-0.25, -0.2) is 22.5 Å². The number of nitrogens with zero attached hydrogens (tertiary/aromatic N) is 4. The van der Waals surface area contributed by atoms with Gasteiger partial charge in [-0.05, 0) is 31.0 Å². The standard InChI is InChI=1S/C21H27N5O5S2/c1-14-12-25(17(27)13-26-18(28)21(23-19(26)29)9-4-5-10-21)20(32-14)22-15-7-6-8-16(11-15)33(30,31)24(2)3/h6-8,11,14H,4-5,9-10,12-13H2,1-3H3,(H,23,29)/t14-/m0/s1. The van der Waals surface area contributed by atoms with Crippen LogP contribution in [-0.2, 0) is 19.6 Å². The molecule has 1 saturated carbocycles. The van der Waals surface area contributed by atoms with Gasteiger partial charge in [-0.3, -0.25) is 19.4 Å². The highest BCUT2D eigenvalue weighted by atomic mass is 32.2. The SMILES string of the molecule is C[C@H]1CN(C(=O)CN2C(=O)NC3(CCCC3)C2=O)C(=Nc2cccc(S(=O)(=O)N(C)C)c2)S1. The molecule has 0 unspecified atom stereocenters. The molecule has 33 heavy (non-hydrogen) atoms. The van der Waals surface area contributed by atoms with Gasteiger partial charge in [-0.1, -0.05) is 37.6 Å². The van der Waals surface area contributed by atoms with Gasteiger partial charge in [0.25, 0.3) is 5.91 Å². The molecule has 2 saturated heterocycles. The molecule has 3 fully saturated rings. The highest BCUT2D eigenvalue weighted by Gasteiger charge is 2.53. The van der Waals surface area contributed by atoms with Gasteiger partial charge in [0.2, 0.25) is 15.9 Å². The molecule has 3 aliphatic rings. The van der Waals surface area contributed by atoms with E-state index in [-0.39, 0.29) is 22.6 Å². The van der Waals surface area contributed by atoms with Gasteiger partial charge in [-0.15, -0.1) is 0 Å². The summed E-state index contributed by atoms with van der Waals surface area (Å²) in [5, 5.41) is 3.26. The smallest absolute Gasteiger partial charge is 0.323 e. The molecule has 0 bridgehead atoms. The zero-order chi connectivity index (χ0) is 24.0. The highest BCUT2D eigenvalue weighted by molar-refractivity contribution is 8.14. The first-order valence-electron chi connectivity index (χ1n) is 10.8. The number of urea groups is 1. The van der Waals surface area contributed by atoms with Crippen LogP contribution in [0, 0.1) is 0 Å². The zero-order valence-electron chi connectivity index (χ0n) is 18.8. The third-order valence-corrected chi connectivity index (χ3v) is 8.98. The number of hydrogen-bond acceptors (Lipinski definition) is 7. The largest absolute Gasteiger partial charge is 0.325 e. The van der Waals surface area contributed by atoms with Gasteiger partial charge in [0.15, 0.2) is 5.17 Å². The fourth-order valence-corrected chi connectivity index (χ4v) is 6.29. The number of benzene rings is 1. The lowest BCUT2D eigenvalue weighted by Crippen LogP contribution is -2.46. The molecule has 12 heteroatoms. The molecule has 0 aromatic heterocycles. The summed E-state index contributed by atoms with van der Waals surface area (Å²) in [6.45, 7) is 1.97. The number of imide groups is 1. The van der Waals surface area contributed by atoms with Gasteiger partial charge >= 0.3 is 6.03 Å². The van der Waals surface area contributed by atoms with E-state index >= 15 is 0 Å². The van der Waals surface area contributed by atoms with Crippen molar-refractivity contribution in [3.63, 3.8) is 0 Å². The lowest BCUT2D eigenvalue weighted by molar-refractivity contribution is -0.136. The van der Waals surface area contributed by atoms with E-state index in [1.807, 2.05) is 6.92 Å². The van der Waals surface area contributed by atoms with Crippen LogP contribution in [0.15, 0.2) is 34.2 Å². The van der Waals surface area contributed by atoms with Gasteiger partial charge in [0.05, 0.1) is 10.6 Å². The molecule has 4 amide bonds. The number of nitrogens with one attached hydrogen (secondary N) is 1. The third-order valence-electron chi connectivity index (χ3n) is 6.10. The molecule has 2 aliphatic heterocycles. The summed E-state index contributed by atoms with van der Waals surface area (Å²) in [5.74, 6) is -0.737. The summed E-state index contributed by atoms with van der Waals surface area (Å²) in [6.07, 6.45) is 2.93. The lowest BCUT2D eigenvalue weighted by atomic mass is 9.98. The van der Waals surface area contributed by atoms with Crippen molar-refractivity contribution in [3.05, 3.63) is 24.3 Å². The van der Waals surface area contributed by atoms with Crippen molar-refractivity contribution in [2.24, 2.45) is 4.99 Å². The first kappa shape index (κ1) is 23.7. The molecule has 1 spiro atoms. The summed E-state index contributed by atoms with van der Waals surface area (Å²) < 4.78 is 26.0. The Morgan fingerprint density at radius 2 is 1.97 bits per heavy atom. The summed E-state index contributed by atoms with van der Waals surface area (Å²) in [5.41, 5.74) is -0.466. The first-order chi connectivity index (χ1) is 15.5. The Labute approximate surface area is 197 Å². The minimum atomic E-state index is -3.62. The van der Waals surface area contributed by atoms with Crippen molar-refractivity contribution in [2.75, 3.05) is 27.2 Å². The molecular weight excluding hydrogens is 466 g/mol. The molecule has 1 N–H and O–H groups in total. The molecule has 0 radical (unpaired) electrons. The van der Waals surface area contributed by atoms with Crippen molar-refractivity contribution in [1.29, 1.82) is 0 Å². The summed E-state index contributed by atoms with van der Waals surface area (Å²) in [7, 11) is -0.719. The third kappa shape index (κ3) is 4.38. The zero-order valence-corrected chi connectivity index (χ0v) is 20.4. The van der Waals surface area contributed by atoms with E-state index in [1.54, 1.807) is 12.1 Å². The van der Waals surface area contributed by atoms with Crippen LogP contribution in [0.25, 0.3) is 0 Å². The fourth-order valence-electron chi connectivity index (χ4n) is 4.30. The van der Waals surface area contributed by atoms with Crippen LogP contribution < -0.4 is 5.32 Å². The second-order valence-corrected chi connectivity index (χ2v) is 12.3. The fraction of sp³-hybridized carbons (Fsp3) is 0.524. The Hall–Kier alpha value is -2.44.